The maximum atomic E-state index is 11.8. The summed E-state index contributed by atoms with van der Waals surface area (Å²) in [7, 11) is 0. The lowest BCUT2D eigenvalue weighted by Crippen LogP contribution is -2.32. The topological polar surface area (TPSA) is 214 Å². The molecule has 2 aliphatic heterocycles. The summed E-state index contributed by atoms with van der Waals surface area (Å²) in [5.41, 5.74) is 0. The van der Waals surface area contributed by atoms with E-state index in [1.54, 1.807) is 6.92 Å². The second kappa shape index (κ2) is 25.5. The summed E-state index contributed by atoms with van der Waals surface area (Å²) < 4.78 is 20.3. The number of amides is 4. The van der Waals surface area contributed by atoms with Gasteiger partial charge in [-0.15, -0.1) is 0 Å². The number of carbonyl (C=O) groups is 10. The van der Waals surface area contributed by atoms with Crippen molar-refractivity contribution >= 4 is 58.7 Å². The van der Waals surface area contributed by atoms with Gasteiger partial charge in [0.25, 0.3) is 11.8 Å². The number of hydrogen-bond acceptors (Lipinski definition) is 14. The molecule has 2 aliphatic rings. The minimum atomic E-state index is -0.436. The Hall–Kier alpha value is -4.44. The molecule has 0 aromatic carbocycles. The van der Waals surface area contributed by atoms with E-state index >= 15 is 0 Å². The zero-order valence-electron chi connectivity index (χ0n) is 29.8. The Kier molecular flexibility index (Phi) is 22.3. The summed E-state index contributed by atoms with van der Waals surface area (Å²) in [5, 5.41) is 0. The van der Waals surface area contributed by atoms with Gasteiger partial charge < -0.3 is 28.5 Å². The van der Waals surface area contributed by atoms with Crippen LogP contribution in [-0.4, -0.2) is 121 Å². The number of nitrogens with zero attached hydrogens (tertiary/aromatic N) is 2. The van der Waals surface area contributed by atoms with Crippen LogP contribution in [0.5, 0.6) is 0 Å². The second-order valence-electron chi connectivity index (χ2n) is 12.0. The predicted molar refractivity (Wildman–Crippen MR) is 177 cm³/mol. The summed E-state index contributed by atoms with van der Waals surface area (Å²) in [6.45, 7) is 6.16. The van der Waals surface area contributed by atoms with Crippen molar-refractivity contribution < 1.29 is 66.9 Å². The number of esters is 2. The van der Waals surface area contributed by atoms with Gasteiger partial charge in [0.1, 0.15) is 36.3 Å². The lowest BCUT2D eigenvalue weighted by Gasteiger charge is -2.13. The summed E-state index contributed by atoms with van der Waals surface area (Å²) >= 11 is 0. The average molecular weight is 723 g/mol. The number of imide groups is 2. The zero-order chi connectivity index (χ0) is 38.2. The summed E-state index contributed by atoms with van der Waals surface area (Å²) in [6.07, 6.45) is 5.03. The number of ketones is 4. The van der Waals surface area contributed by atoms with Gasteiger partial charge in [-0.25, -0.2) is 0 Å². The molecule has 2 rings (SSSR count). The molecule has 2 heterocycles. The molecule has 0 N–H and O–H groups in total. The molecule has 0 aromatic heterocycles. The molecule has 1 saturated heterocycles. The van der Waals surface area contributed by atoms with Gasteiger partial charge in [-0.05, 0) is 26.7 Å². The maximum Gasteiger partial charge on any atom is 0.306 e. The molecule has 0 aliphatic carbocycles. The average Bonchev–Trinajstić information content (AvgIpc) is 3.53. The fraction of sp³-hybridized carbons (Fsp3) is 0.657. The summed E-state index contributed by atoms with van der Waals surface area (Å²) in [6, 6.07) is 0. The molecule has 16 nitrogen and oxygen atoms in total. The molecule has 0 spiro atoms. The summed E-state index contributed by atoms with van der Waals surface area (Å²) in [4.78, 5) is 116. The highest BCUT2D eigenvalue weighted by atomic mass is 16.6. The number of rotatable bonds is 26. The van der Waals surface area contributed by atoms with Crippen LogP contribution in [0.4, 0.5) is 0 Å². The minimum Gasteiger partial charge on any atom is -0.463 e. The molecule has 0 radical (unpaired) electrons. The number of ether oxygens (including phenoxy) is 4. The molecule has 0 aromatic rings. The van der Waals surface area contributed by atoms with E-state index in [-0.39, 0.29) is 137 Å². The molecular formula is C35H50N2O14. The van der Waals surface area contributed by atoms with Gasteiger partial charge >= 0.3 is 11.9 Å². The Bertz CT molecular complexity index is 1270. The Labute approximate surface area is 297 Å². The van der Waals surface area contributed by atoms with Gasteiger partial charge in [-0.1, -0.05) is 6.92 Å². The van der Waals surface area contributed by atoms with Gasteiger partial charge in [-0.3, -0.25) is 48.2 Å². The number of carbonyl (C=O) groups excluding carboxylic acids is 10. The van der Waals surface area contributed by atoms with Gasteiger partial charge in [0.05, 0.1) is 26.1 Å². The first-order valence-corrected chi connectivity index (χ1v) is 17.1. The molecule has 16 heteroatoms. The molecule has 1 unspecified atom stereocenters. The first-order valence-electron chi connectivity index (χ1n) is 17.1. The Morgan fingerprint density at radius 3 is 1.41 bits per heavy atom. The first-order chi connectivity index (χ1) is 24.2. The minimum absolute atomic E-state index is 0.0237. The zero-order valence-corrected chi connectivity index (χ0v) is 29.8. The highest BCUT2D eigenvalue weighted by Gasteiger charge is 2.35. The van der Waals surface area contributed by atoms with E-state index in [2.05, 4.69) is 0 Å². The number of likely N-dealkylation sites (tertiary alicyclic amines) is 1. The molecule has 0 bridgehead atoms. The fourth-order valence-electron chi connectivity index (χ4n) is 4.53. The van der Waals surface area contributed by atoms with Crippen LogP contribution in [0.2, 0.25) is 0 Å². The van der Waals surface area contributed by atoms with Crippen LogP contribution in [0, 0.1) is 5.92 Å². The molecule has 0 saturated carbocycles. The predicted octanol–water partition coefficient (Wildman–Crippen LogP) is 1.63. The van der Waals surface area contributed by atoms with Crippen molar-refractivity contribution in [1.82, 2.24) is 9.80 Å². The van der Waals surface area contributed by atoms with E-state index in [1.165, 1.54) is 30.9 Å². The van der Waals surface area contributed by atoms with E-state index < -0.39 is 11.9 Å². The summed E-state index contributed by atoms with van der Waals surface area (Å²) in [5.74, 6) is -2.55. The third-order valence-corrected chi connectivity index (χ3v) is 7.43. The van der Waals surface area contributed by atoms with Crippen LogP contribution in [-0.2, 0) is 66.9 Å². The van der Waals surface area contributed by atoms with Crippen LogP contribution in [0.15, 0.2) is 12.2 Å². The van der Waals surface area contributed by atoms with E-state index in [9.17, 15) is 47.9 Å². The van der Waals surface area contributed by atoms with E-state index in [0.717, 1.165) is 4.90 Å². The van der Waals surface area contributed by atoms with Crippen molar-refractivity contribution in [3.8, 4) is 0 Å². The van der Waals surface area contributed by atoms with Crippen molar-refractivity contribution in [3.63, 3.8) is 0 Å². The Morgan fingerprint density at radius 1 is 0.588 bits per heavy atom. The number of Topliss-reactive ketones (excluding diaryl/α,β-unsaturated/α-hetero) is 4. The van der Waals surface area contributed by atoms with Crippen LogP contribution in [0.1, 0.15) is 91.4 Å². The maximum absolute atomic E-state index is 11.8. The van der Waals surface area contributed by atoms with E-state index in [0.29, 0.717) is 38.9 Å². The lowest BCUT2D eigenvalue weighted by atomic mass is 10.1. The van der Waals surface area contributed by atoms with E-state index in [1.807, 2.05) is 0 Å². The van der Waals surface area contributed by atoms with Gasteiger partial charge in [0.15, 0.2) is 0 Å². The Balaban J connectivity index is 0.000000510. The van der Waals surface area contributed by atoms with Crippen LogP contribution >= 0.6 is 0 Å². The van der Waals surface area contributed by atoms with Gasteiger partial charge in [0.2, 0.25) is 11.8 Å². The monoisotopic (exact) mass is 722 g/mol. The lowest BCUT2D eigenvalue weighted by molar-refractivity contribution is -0.146. The third kappa shape index (κ3) is 20.7. The van der Waals surface area contributed by atoms with Crippen molar-refractivity contribution in [3.05, 3.63) is 12.2 Å². The quantitative estimate of drug-likeness (QED) is 0.0705. The molecule has 4 amide bonds. The van der Waals surface area contributed by atoms with Crippen LogP contribution in [0.3, 0.4) is 0 Å². The highest BCUT2D eigenvalue weighted by molar-refractivity contribution is 6.13. The molecule has 1 atom stereocenters. The molecule has 51 heavy (non-hydrogen) atoms. The molecule has 284 valence electrons. The van der Waals surface area contributed by atoms with Gasteiger partial charge in [0, 0.05) is 89.3 Å². The standard InChI is InChI=1S/C18H27NO7.C17H23NO7/c1-13-12-16(22)19(18(13)24)8-7-15(21)4-3-9-25-10-11-26-17(23)6-5-14(2)20;1-13(19)4-7-17(23)25-12-11-24-10-2-3-14(20)8-9-18-15(21)5-6-16(18)22/h13H,3-12H2,1-2H3;5-6H,2-4,7-12H2,1H3. The largest absolute Gasteiger partial charge is 0.463 e. The van der Waals surface area contributed by atoms with Crippen molar-refractivity contribution in [2.45, 2.75) is 91.4 Å². The highest BCUT2D eigenvalue weighted by Crippen LogP contribution is 2.19. The van der Waals surface area contributed by atoms with Crippen molar-refractivity contribution in [2.24, 2.45) is 5.92 Å². The van der Waals surface area contributed by atoms with Crippen molar-refractivity contribution in [2.75, 3.05) is 52.7 Å². The molecular weight excluding hydrogens is 672 g/mol. The third-order valence-electron chi connectivity index (χ3n) is 7.43. The normalized spacial score (nSPS) is 15.2. The SMILES string of the molecule is CC(=O)CCC(=O)OCCOCCCC(=O)CCN1C(=O)C=CC1=O.CC(=O)CCC(=O)OCCOCCCC(=O)CCN1C(=O)CC(C)C1=O. The van der Waals surface area contributed by atoms with Crippen molar-refractivity contribution in [1.29, 1.82) is 0 Å². The Morgan fingerprint density at radius 2 is 1.02 bits per heavy atom. The first kappa shape index (κ1) is 44.6. The molecule has 1 fully saturated rings. The van der Waals surface area contributed by atoms with Gasteiger partial charge in [-0.2, -0.15) is 0 Å². The van der Waals surface area contributed by atoms with Crippen LogP contribution in [0.25, 0.3) is 0 Å². The fourth-order valence-corrected chi connectivity index (χ4v) is 4.53. The van der Waals surface area contributed by atoms with Crippen LogP contribution < -0.4 is 0 Å². The van der Waals surface area contributed by atoms with E-state index in [4.69, 9.17) is 18.9 Å². The second-order valence-corrected chi connectivity index (χ2v) is 12.0. The number of hydrogen-bond donors (Lipinski definition) is 0. The smallest absolute Gasteiger partial charge is 0.306 e.